The molecule has 1 aromatic heterocycles. The van der Waals surface area contributed by atoms with Crippen molar-refractivity contribution in [3.05, 3.63) is 53.1 Å². The van der Waals surface area contributed by atoms with Crippen LogP contribution < -0.4 is 10.1 Å². The van der Waals surface area contributed by atoms with E-state index in [1.54, 1.807) is 18.4 Å². The van der Waals surface area contributed by atoms with E-state index in [-0.39, 0.29) is 12.0 Å². The Labute approximate surface area is 219 Å². The van der Waals surface area contributed by atoms with Crippen LogP contribution in [-0.2, 0) is 17.6 Å². The Hall–Kier alpha value is -3.24. The van der Waals surface area contributed by atoms with Gasteiger partial charge in [-0.25, -0.2) is 0 Å². The van der Waals surface area contributed by atoms with Gasteiger partial charge < -0.3 is 10.1 Å². The lowest BCUT2D eigenvalue weighted by Crippen LogP contribution is -2.16. The van der Waals surface area contributed by atoms with Gasteiger partial charge in [0.1, 0.15) is 21.8 Å². The Kier molecular flexibility index (Phi) is 12.1. The first-order valence-electron chi connectivity index (χ1n) is 12.8. The van der Waals surface area contributed by atoms with Crippen molar-refractivity contribution in [3.63, 3.8) is 0 Å². The van der Waals surface area contributed by atoms with Gasteiger partial charge in [0.2, 0.25) is 5.91 Å². The molecular formula is C29H38N4O2S. The van der Waals surface area contributed by atoms with Gasteiger partial charge in [0.25, 0.3) is 0 Å². The molecule has 0 atom stereocenters. The zero-order chi connectivity index (χ0) is 26.5. The molecule has 0 aliphatic heterocycles. The van der Waals surface area contributed by atoms with Gasteiger partial charge in [0, 0.05) is 24.6 Å². The molecule has 1 heterocycles. The zero-order valence-electron chi connectivity index (χ0n) is 22.4. The summed E-state index contributed by atoms with van der Waals surface area (Å²) in [7, 11) is 1.66. The predicted molar refractivity (Wildman–Crippen MR) is 148 cm³/mol. The number of nitrogens with zero attached hydrogens (tertiary/aromatic N) is 3. The van der Waals surface area contributed by atoms with Gasteiger partial charge in [-0.2, -0.15) is 5.26 Å². The molecule has 0 fully saturated rings. The van der Waals surface area contributed by atoms with Crippen molar-refractivity contribution < 1.29 is 9.53 Å². The number of carbonyl (C=O) groups is 1. The van der Waals surface area contributed by atoms with Crippen molar-refractivity contribution in [2.24, 2.45) is 0 Å². The van der Waals surface area contributed by atoms with Crippen LogP contribution in [-0.4, -0.2) is 29.3 Å². The van der Waals surface area contributed by atoms with Crippen LogP contribution in [0.25, 0.3) is 21.1 Å². The lowest BCUT2D eigenvalue weighted by atomic mass is 10.0. The van der Waals surface area contributed by atoms with Crippen molar-refractivity contribution in [1.29, 1.82) is 5.26 Å². The van der Waals surface area contributed by atoms with Crippen molar-refractivity contribution >= 4 is 17.2 Å². The maximum Gasteiger partial charge on any atom is 0.219 e. The van der Waals surface area contributed by atoms with Crippen LogP contribution in [0, 0.1) is 11.3 Å². The summed E-state index contributed by atoms with van der Waals surface area (Å²) in [5, 5.41) is 22.6. The first kappa shape index (κ1) is 29.0. The summed E-state index contributed by atoms with van der Waals surface area (Å²) >= 11 is 1.57. The summed E-state index contributed by atoms with van der Waals surface area (Å²) in [5.74, 6) is 0.753. The minimum atomic E-state index is 0.0289. The fraction of sp³-hybridized carbons (Fsp3) is 0.448. The van der Waals surface area contributed by atoms with E-state index in [4.69, 9.17) is 4.74 Å². The molecule has 192 valence electrons. The van der Waals surface area contributed by atoms with Crippen LogP contribution in [0.15, 0.2) is 36.4 Å². The minimum Gasteiger partial charge on any atom is -0.490 e. The van der Waals surface area contributed by atoms with Crippen molar-refractivity contribution in [1.82, 2.24) is 15.5 Å². The molecule has 0 spiro atoms. The zero-order valence-corrected chi connectivity index (χ0v) is 23.2. The second-order valence-corrected chi connectivity index (χ2v) is 9.45. The summed E-state index contributed by atoms with van der Waals surface area (Å²) in [4.78, 5) is 10.5. The maximum absolute atomic E-state index is 10.5. The molecule has 7 heteroatoms. The third kappa shape index (κ3) is 7.89. The normalized spacial score (nSPS) is 11.4. The van der Waals surface area contributed by atoms with Gasteiger partial charge in [0.05, 0.1) is 11.7 Å². The van der Waals surface area contributed by atoms with Gasteiger partial charge in [-0.05, 0) is 68.9 Å². The maximum atomic E-state index is 10.5. The van der Waals surface area contributed by atoms with E-state index >= 15 is 0 Å². The number of fused-ring (bicyclic) bond motifs is 1. The number of ether oxygens (including phenoxy) is 1. The molecule has 0 unspecified atom stereocenters. The standard InChI is InChI=1S/C21H19N3OS.C6H13NO.C2H6/c1-13(2)25-19-10-9-15(11-16(19)12-22)20-23-24-21(26-20)18-8-4-6-14-5-3-7-17(14)18;1-3-4-5-6(8)7-2;1-2/h4,6,8-11,13H,3,5,7H2,1-2H3;3-5H2,1-2H3,(H,7,8);1-2H3. The Morgan fingerprint density at radius 1 is 1.17 bits per heavy atom. The number of amides is 1. The molecule has 36 heavy (non-hydrogen) atoms. The first-order chi connectivity index (χ1) is 17.5. The highest BCUT2D eigenvalue weighted by Gasteiger charge is 2.19. The Morgan fingerprint density at radius 2 is 1.92 bits per heavy atom. The monoisotopic (exact) mass is 506 g/mol. The molecule has 1 aliphatic rings. The van der Waals surface area contributed by atoms with Gasteiger partial charge in [-0.15, -0.1) is 10.2 Å². The van der Waals surface area contributed by atoms with Gasteiger partial charge in [-0.1, -0.05) is 56.7 Å². The number of nitriles is 1. The average Bonchev–Trinajstić information content (AvgIpc) is 3.59. The fourth-order valence-corrected chi connectivity index (χ4v) is 4.73. The molecule has 0 saturated heterocycles. The predicted octanol–water partition coefficient (Wildman–Crippen LogP) is 6.97. The summed E-state index contributed by atoms with van der Waals surface area (Å²) in [6, 6.07) is 14.3. The molecule has 0 radical (unpaired) electrons. The third-order valence-corrected chi connectivity index (χ3v) is 6.55. The highest BCUT2D eigenvalue weighted by Crippen LogP contribution is 2.37. The molecule has 1 aliphatic carbocycles. The number of aryl methyl sites for hydroxylation is 1. The Bertz CT molecular complexity index is 1160. The van der Waals surface area contributed by atoms with Crippen molar-refractivity contribution in [3.8, 4) is 33.0 Å². The quantitative estimate of drug-likeness (QED) is 0.374. The van der Waals surface area contributed by atoms with Gasteiger partial charge in [-0.3, -0.25) is 4.79 Å². The topological polar surface area (TPSA) is 87.9 Å². The number of hydrogen-bond acceptors (Lipinski definition) is 6. The SMILES string of the molecule is CC.CC(C)Oc1ccc(-c2nnc(-c3cccc4c3CCC4)s2)cc1C#N.CCCCC(=O)NC. The van der Waals surface area contributed by atoms with E-state index in [2.05, 4.69) is 46.7 Å². The van der Waals surface area contributed by atoms with E-state index in [0.29, 0.717) is 17.7 Å². The van der Waals surface area contributed by atoms with E-state index in [1.807, 2.05) is 45.9 Å². The lowest BCUT2D eigenvalue weighted by Gasteiger charge is -2.11. The minimum absolute atomic E-state index is 0.0289. The van der Waals surface area contributed by atoms with Crippen LogP contribution in [0.4, 0.5) is 0 Å². The summed E-state index contributed by atoms with van der Waals surface area (Å²) in [5.41, 5.74) is 5.46. The second kappa shape index (κ2) is 15.0. The van der Waals surface area contributed by atoms with Gasteiger partial charge in [0.15, 0.2) is 0 Å². The smallest absolute Gasteiger partial charge is 0.219 e. The van der Waals surface area contributed by atoms with Crippen LogP contribution in [0.1, 0.15) is 77.0 Å². The third-order valence-electron chi connectivity index (χ3n) is 5.55. The van der Waals surface area contributed by atoms with E-state index in [1.165, 1.54) is 23.1 Å². The molecular weight excluding hydrogens is 468 g/mol. The molecule has 3 aromatic rings. The fourth-order valence-electron chi connectivity index (χ4n) is 3.84. The van der Waals surface area contributed by atoms with Crippen LogP contribution >= 0.6 is 11.3 Å². The van der Waals surface area contributed by atoms with Crippen LogP contribution in [0.2, 0.25) is 0 Å². The number of rotatable bonds is 7. The molecule has 4 rings (SSSR count). The number of aromatic nitrogens is 2. The largest absolute Gasteiger partial charge is 0.490 e. The van der Waals surface area contributed by atoms with Crippen LogP contribution in [0.5, 0.6) is 5.75 Å². The van der Waals surface area contributed by atoms with Crippen molar-refractivity contribution in [2.75, 3.05) is 7.05 Å². The molecule has 0 bridgehead atoms. The number of benzene rings is 2. The number of unbranched alkanes of at least 4 members (excludes halogenated alkanes) is 1. The molecule has 6 nitrogen and oxygen atoms in total. The van der Waals surface area contributed by atoms with Crippen molar-refractivity contribution in [2.45, 2.75) is 79.2 Å². The molecule has 1 N–H and O–H groups in total. The first-order valence-corrected chi connectivity index (χ1v) is 13.6. The lowest BCUT2D eigenvalue weighted by molar-refractivity contribution is -0.120. The van der Waals surface area contributed by atoms with Crippen LogP contribution in [0.3, 0.4) is 0 Å². The highest BCUT2D eigenvalue weighted by atomic mass is 32.1. The second-order valence-electron chi connectivity index (χ2n) is 8.48. The number of nitrogens with one attached hydrogen (secondary N) is 1. The van der Waals surface area contributed by atoms with E-state index in [9.17, 15) is 10.1 Å². The van der Waals surface area contributed by atoms with E-state index in [0.717, 1.165) is 41.3 Å². The summed E-state index contributed by atoms with van der Waals surface area (Å²) in [6.07, 6.45) is 6.26. The highest BCUT2D eigenvalue weighted by molar-refractivity contribution is 7.17. The van der Waals surface area contributed by atoms with E-state index < -0.39 is 0 Å². The summed E-state index contributed by atoms with van der Waals surface area (Å²) < 4.78 is 5.70. The molecule has 0 saturated carbocycles. The molecule has 2 aromatic carbocycles. The van der Waals surface area contributed by atoms with Gasteiger partial charge >= 0.3 is 0 Å². The number of hydrogen-bond donors (Lipinski definition) is 1. The average molecular weight is 507 g/mol. The molecule has 1 amide bonds. The Morgan fingerprint density at radius 3 is 2.58 bits per heavy atom. The Balaban J connectivity index is 0.000000392. The number of carbonyl (C=O) groups excluding carboxylic acids is 1. The summed E-state index contributed by atoms with van der Waals surface area (Å²) in [6.45, 7) is 9.97.